The molecule has 2 nitrogen and oxygen atoms in total. The molecule has 4 saturated carbocycles. The van der Waals surface area contributed by atoms with E-state index >= 15 is 0 Å². The van der Waals surface area contributed by atoms with Gasteiger partial charge in [-0.2, -0.15) is 0 Å². The Morgan fingerprint density at radius 1 is 1.18 bits per heavy atom. The zero-order chi connectivity index (χ0) is 15.3. The SMILES string of the molecule is O=C(CC12CC3CC(CC(C3)C1)C2)Nc1ccc(F)cc1Cl. The van der Waals surface area contributed by atoms with E-state index in [2.05, 4.69) is 5.32 Å². The molecule has 0 heterocycles. The van der Waals surface area contributed by atoms with Gasteiger partial charge >= 0.3 is 0 Å². The van der Waals surface area contributed by atoms with Crippen molar-refractivity contribution in [1.29, 1.82) is 0 Å². The van der Waals surface area contributed by atoms with Crippen molar-refractivity contribution in [3.05, 3.63) is 29.0 Å². The lowest BCUT2D eigenvalue weighted by atomic mass is 9.49. The molecule has 0 saturated heterocycles. The maximum absolute atomic E-state index is 13.1. The lowest BCUT2D eigenvalue weighted by Gasteiger charge is -2.56. The second kappa shape index (κ2) is 5.23. The Morgan fingerprint density at radius 3 is 2.32 bits per heavy atom. The first-order valence-electron chi connectivity index (χ1n) is 8.26. The smallest absolute Gasteiger partial charge is 0.224 e. The minimum absolute atomic E-state index is 0.0236. The van der Waals surface area contributed by atoms with Crippen LogP contribution in [-0.4, -0.2) is 5.91 Å². The molecule has 0 aromatic heterocycles. The van der Waals surface area contributed by atoms with Crippen LogP contribution in [0.25, 0.3) is 0 Å². The van der Waals surface area contributed by atoms with Crippen LogP contribution in [0.1, 0.15) is 44.9 Å². The van der Waals surface area contributed by atoms with Gasteiger partial charge in [0.15, 0.2) is 0 Å². The fraction of sp³-hybridized carbons (Fsp3) is 0.611. The number of halogens is 2. The number of hydrogen-bond acceptors (Lipinski definition) is 1. The highest BCUT2D eigenvalue weighted by Gasteiger charge is 2.51. The summed E-state index contributed by atoms with van der Waals surface area (Å²) in [4.78, 5) is 12.5. The number of rotatable bonds is 3. The Hall–Kier alpha value is -1.09. The minimum atomic E-state index is -0.385. The van der Waals surface area contributed by atoms with Crippen molar-refractivity contribution in [2.75, 3.05) is 5.32 Å². The van der Waals surface area contributed by atoms with E-state index in [-0.39, 0.29) is 22.2 Å². The number of anilines is 1. The minimum Gasteiger partial charge on any atom is -0.325 e. The topological polar surface area (TPSA) is 29.1 Å². The second-order valence-corrected chi connectivity index (χ2v) is 8.17. The standard InChI is InChI=1S/C18H21ClFNO/c19-15-6-14(20)1-2-16(15)21-17(22)10-18-7-11-3-12(8-18)5-13(4-11)9-18/h1-2,6,11-13H,3-5,7-10H2,(H,21,22). The molecule has 1 N–H and O–H groups in total. The summed E-state index contributed by atoms with van der Waals surface area (Å²) in [6, 6.07) is 4.10. The molecule has 4 heteroatoms. The first kappa shape index (κ1) is 14.5. The molecule has 1 aromatic rings. The van der Waals surface area contributed by atoms with Crippen LogP contribution in [-0.2, 0) is 4.79 Å². The maximum atomic E-state index is 13.1. The number of nitrogens with one attached hydrogen (secondary N) is 1. The predicted molar refractivity (Wildman–Crippen MR) is 85.3 cm³/mol. The molecule has 4 bridgehead atoms. The van der Waals surface area contributed by atoms with Gasteiger partial charge in [-0.15, -0.1) is 0 Å². The lowest BCUT2D eigenvalue weighted by Crippen LogP contribution is -2.47. The fourth-order valence-corrected chi connectivity index (χ4v) is 5.85. The van der Waals surface area contributed by atoms with Crippen molar-refractivity contribution in [2.45, 2.75) is 44.9 Å². The van der Waals surface area contributed by atoms with Gasteiger partial charge < -0.3 is 5.32 Å². The largest absolute Gasteiger partial charge is 0.325 e. The van der Waals surface area contributed by atoms with Crippen LogP contribution in [0.15, 0.2) is 18.2 Å². The Bertz CT molecular complexity index is 580. The first-order valence-corrected chi connectivity index (χ1v) is 8.64. The van der Waals surface area contributed by atoms with Gasteiger partial charge in [0.25, 0.3) is 0 Å². The highest BCUT2D eigenvalue weighted by molar-refractivity contribution is 6.33. The molecule has 4 fully saturated rings. The summed E-state index contributed by atoms with van der Waals surface area (Å²) in [6.45, 7) is 0. The van der Waals surface area contributed by atoms with Gasteiger partial charge in [0.05, 0.1) is 10.7 Å². The van der Waals surface area contributed by atoms with Crippen molar-refractivity contribution in [3.63, 3.8) is 0 Å². The summed E-state index contributed by atoms with van der Waals surface area (Å²) >= 11 is 5.99. The molecule has 1 amide bonds. The van der Waals surface area contributed by atoms with E-state index in [1.54, 1.807) is 0 Å². The highest BCUT2D eigenvalue weighted by atomic mass is 35.5. The summed E-state index contributed by atoms with van der Waals surface area (Å²) in [5.74, 6) is 2.16. The molecular formula is C18H21ClFNO. The average Bonchev–Trinajstić information content (AvgIpc) is 2.39. The van der Waals surface area contributed by atoms with Crippen LogP contribution in [0, 0.1) is 29.0 Å². The third-order valence-electron chi connectivity index (χ3n) is 5.91. The third kappa shape index (κ3) is 2.64. The monoisotopic (exact) mass is 321 g/mol. The Labute approximate surface area is 135 Å². The van der Waals surface area contributed by atoms with Crippen LogP contribution in [0.2, 0.25) is 5.02 Å². The average molecular weight is 322 g/mol. The van der Waals surface area contributed by atoms with Gasteiger partial charge in [-0.3, -0.25) is 4.79 Å². The molecule has 4 aliphatic rings. The van der Waals surface area contributed by atoms with Crippen LogP contribution < -0.4 is 5.32 Å². The van der Waals surface area contributed by atoms with E-state index in [9.17, 15) is 9.18 Å². The van der Waals surface area contributed by atoms with Gasteiger partial charge in [0, 0.05) is 6.42 Å². The summed E-state index contributed by atoms with van der Waals surface area (Å²) < 4.78 is 13.1. The van der Waals surface area contributed by atoms with Crippen LogP contribution >= 0.6 is 11.6 Å². The summed E-state index contributed by atoms with van der Waals surface area (Å²) in [6.07, 6.45) is 8.36. The molecule has 118 valence electrons. The summed E-state index contributed by atoms with van der Waals surface area (Å²) in [7, 11) is 0. The normalized spacial score (nSPS) is 35.6. The number of benzene rings is 1. The molecule has 4 aliphatic carbocycles. The number of carbonyl (C=O) groups is 1. The van der Waals surface area contributed by atoms with E-state index in [0.717, 1.165) is 17.8 Å². The Kier molecular flexibility index (Phi) is 3.44. The van der Waals surface area contributed by atoms with Gasteiger partial charge in [-0.05, 0) is 79.9 Å². The van der Waals surface area contributed by atoms with Crippen molar-refractivity contribution in [1.82, 2.24) is 0 Å². The zero-order valence-electron chi connectivity index (χ0n) is 12.6. The van der Waals surface area contributed by atoms with Crippen LogP contribution in [0.4, 0.5) is 10.1 Å². The lowest BCUT2D eigenvalue weighted by molar-refractivity contribution is -0.124. The van der Waals surface area contributed by atoms with E-state index < -0.39 is 0 Å². The van der Waals surface area contributed by atoms with Gasteiger partial charge in [-0.1, -0.05) is 11.6 Å². The van der Waals surface area contributed by atoms with Crippen molar-refractivity contribution in [3.8, 4) is 0 Å². The van der Waals surface area contributed by atoms with Gasteiger partial charge in [-0.25, -0.2) is 4.39 Å². The molecule has 1 aromatic carbocycles. The van der Waals surface area contributed by atoms with E-state index in [4.69, 9.17) is 11.6 Å². The fourth-order valence-electron chi connectivity index (χ4n) is 5.63. The first-order chi connectivity index (χ1) is 10.5. The molecule has 0 unspecified atom stereocenters. The van der Waals surface area contributed by atoms with Crippen LogP contribution in [0.3, 0.4) is 0 Å². The van der Waals surface area contributed by atoms with Crippen molar-refractivity contribution >= 4 is 23.2 Å². The van der Waals surface area contributed by atoms with Crippen molar-refractivity contribution in [2.24, 2.45) is 23.2 Å². The maximum Gasteiger partial charge on any atom is 0.224 e. The number of amides is 1. The van der Waals surface area contributed by atoms with Crippen LogP contribution in [0.5, 0.6) is 0 Å². The Morgan fingerprint density at radius 2 is 1.77 bits per heavy atom. The molecule has 0 spiro atoms. The highest BCUT2D eigenvalue weighted by Crippen LogP contribution is 2.61. The third-order valence-corrected chi connectivity index (χ3v) is 6.22. The molecule has 22 heavy (non-hydrogen) atoms. The predicted octanol–water partition coefficient (Wildman–Crippen LogP) is 5.02. The van der Waals surface area contributed by atoms with Crippen molar-refractivity contribution < 1.29 is 9.18 Å². The molecular weight excluding hydrogens is 301 g/mol. The second-order valence-electron chi connectivity index (χ2n) is 7.77. The molecule has 0 radical (unpaired) electrons. The molecule has 0 aliphatic heterocycles. The summed E-state index contributed by atoms with van der Waals surface area (Å²) in [5, 5.41) is 3.14. The molecule has 0 atom stereocenters. The summed E-state index contributed by atoms with van der Waals surface area (Å²) in [5.41, 5.74) is 0.725. The van der Waals surface area contributed by atoms with E-state index in [0.29, 0.717) is 12.1 Å². The quantitative estimate of drug-likeness (QED) is 0.831. The van der Waals surface area contributed by atoms with E-state index in [1.807, 2.05) is 0 Å². The zero-order valence-corrected chi connectivity index (χ0v) is 13.3. The molecule has 5 rings (SSSR count). The van der Waals surface area contributed by atoms with Gasteiger partial charge in [0.1, 0.15) is 5.82 Å². The van der Waals surface area contributed by atoms with Gasteiger partial charge in [0.2, 0.25) is 5.91 Å². The Balaban J connectivity index is 1.46. The number of hydrogen-bond donors (Lipinski definition) is 1. The number of carbonyl (C=O) groups excluding carboxylic acids is 1. The van der Waals surface area contributed by atoms with E-state index in [1.165, 1.54) is 56.7 Å².